The number of halogens is 1. The lowest BCUT2D eigenvalue weighted by molar-refractivity contribution is 0.388. The molecule has 0 aliphatic rings. The van der Waals surface area contributed by atoms with Gasteiger partial charge in [-0.15, -0.1) is 22.9 Å². The van der Waals surface area contributed by atoms with E-state index in [1.807, 2.05) is 6.07 Å². The van der Waals surface area contributed by atoms with E-state index in [4.69, 9.17) is 11.6 Å². The maximum Gasteiger partial charge on any atom is 0.0854 e. The first-order valence-electron chi connectivity index (χ1n) is 4.50. The fraction of sp³-hybridized carbons (Fsp3) is 0.600. The van der Waals surface area contributed by atoms with Gasteiger partial charge in [-0.2, -0.15) is 0 Å². The van der Waals surface area contributed by atoms with Gasteiger partial charge in [-0.05, 0) is 31.8 Å². The lowest BCUT2D eigenvalue weighted by atomic mass is 9.99. The average molecular weight is 218 g/mol. The summed E-state index contributed by atoms with van der Waals surface area (Å²) in [5.74, 6) is 0. The highest BCUT2D eigenvalue weighted by atomic mass is 35.5. The zero-order chi connectivity index (χ0) is 9.90. The summed E-state index contributed by atoms with van der Waals surface area (Å²) in [5, 5.41) is 5.50. The predicted octanol–water partition coefficient (Wildman–Crippen LogP) is 3.42. The molecule has 1 heterocycles. The minimum Gasteiger partial charge on any atom is -0.310 e. The van der Waals surface area contributed by atoms with E-state index in [0.717, 1.165) is 6.54 Å². The molecule has 0 aliphatic heterocycles. The number of likely N-dealkylation sites (N-methyl/N-ethyl adjacent to an activating group) is 1. The molecule has 0 bridgehead atoms. The summed E-state index contributed by atoms with van der Waals surface area (Å²) in [4.78, 5) is 1.23. The van der Waals surface area contributed by atoms with E-state index in [2.05, 4.69) is 37.5 Å². The second-order valence-electron chi connectivity index (χ2n) is 3.63. The molecule has 13 heavy (non-hydrogen) atoms. The molecular formula is C10H16ClNS. The van der Waals surface area contributed by atoms with Gasteiger partial charge in [0.05, 0.1) is 5.38 Å². The molecule has 1 nitrogen and oxygen atoms in total. The first kappa shape index (κ1) is 11.0. The fourth-order valence-electron chi connectivity index (χ4n) is 1.34. The molecular weight excluding hydrogens is 202 g/mol. The molecule has 0 saturated heterocycles. The van der Waals surface area contributed by atoms with Crippen LogP contribution in [0.25, 0.3) is 0 Å². The van der Waals surface area contributed by atoms with Crippen LogP contribution in [0.15, 0.2) is 17.5 Å². The summed E-state index contributed by atoms with van der Waals surface area (Å²) < 4.78 is 0. The Morgan fingerprint density at radius 2 is 2.31 bits per heavy atom. The lowest BCUT2D eigenvalue weighted by Crippen LogP contribution is -2.42. The molecule has 0 fully saturated rings. The van der Waals surface area contributed by atoms with Crippen LogP contribution in [-0.2, 0) is 0 Å². The molecule has 1 rings (SSSR count). The van der Waals surface area contributed by atoms with Crippen molar-refractivity contribution >= 4 is 22.9 Å². The van der Waals surface area contributed by atoms with Gasteiger partial charge >= 0.3 is 0 Å². The molecule has 1 atom stereocenters. The maximum absolute atomic E-state index is 6.37. The van der Waals surface area contributed by atoms with Crippen LogP contribution in [0.1, 0.15) is 31.0 Å². The third-order valence-corrected chi connectivity index (χ3v) is 3.91. The van der Waals surface area contributed by atoms with Crippen LogP contribution >= 0.6 is 22.9 Å². The average Bonchev–Trinajstić information content (AvgIpc) is 2.54. The fourth-order valence-corrected chi connectivity index (χ4v) is 2.53. The molecule has 74 valence electrons. The normalized spacial score (nSPS) is 14.5. The molecule has 3 heteroatoms. The summed E-state index contributed by atoms with van der Waals surface area (Å²) in [7, 11) is 0. The van der Waals surface area contributed by atoms with Crippen molar-refractivity contribution in [3.63, 3.8) is 0 Å². The highest BCUT2D eigenvalue weighted by Crippen LogP contribution is 2.34. The van der Waals surface area contributed by atoms with Gasteiger partial charge in [0, 0.05) is 10.4 Å². The second kappa shape index (κ2) is 4.45. The number of nitrogens with one attached hydrogen (secondary N) is 1. The highest BCUT2D eigenvalue weighted by Gasteiger charge is 2.28. The predicted molar refractivity (Wildman–Crippen MR) is 60.7 cm³/mol. The number of thiophene rings is 1. The van der Waals surface area contributed by atoms with E-state index in [1.54, 1.807) is 11.3 Å². The monoisotopic (exact) mass is 217 g/mol. The second-order valence-corrected chi connectivity index (χ2v) is 5.05. The molecule has 0 spiro atoms. The van der Waals surface area contributed by atoms with Gasteiger partial charge < -0.3 is 5.32 Å². The zero-order valence-electron chi connectivity index (χ0n) is 8.30. The van der Waals surface area contributed by atoms with Crippen molar-refractivity contribution in [1.82, 2.24) is 5.32 Å². The minimum absolute atomic E-state index is 0.0405. The van der Waals surface area contributed by atoms with Crippen molar-refractivity contribution in [2.45, 2.75) is 31.7 Å². The Labute approximate surface area is 89.1 Å². The smallest absolute Gasteiger partial charge is 0.0854 e. The van der Waals surface area contributed by atoms with E-state index in [0.29, 0.717) is 0 Å². The number of hydrogen-bond donors (Lipinski definition) is 1. The van der Waals surface area contributed by atoms with Crippen molar-refractivity contribution < 1.29 is 0 Å². The summed E-state index contributed by atoms with van der Waals surface area (Å²) in [5.41, 5.74) is -0.0405. The van der Waals surface area contributed by atoms with Crippen molar-refractivity contribution in [1.29, 1.82) is 0 Å². The van der Waals surface area contributed by atoms with Gasteiger partial charge in [0.2, 0.25) is 0 Å². The summed E-state index contributed by atoms with van der Waals surface area (Å²) in [6.07, 6.45) is 0. The Hall–Kier alpha value is -0.0500. The van der Waals surface area contributed by atoms with E-state index < -0.39 is 0 Å². The minimum atomic E-state index is -0.0405. The SMILES string of the molecule is CCNC(C)(C)C(Cl)c1cccs1. The van der Waals surface area contributed by atoms with Gasteiger partial charge in [0.25, 0.3) is 0 Å². The third-order valence-electron chi connectivity index (χ3n) is 2.06. The van der Waals surface area contributed by atoms with Crippen molar-refractivity contribution in [2.75, 3.05) is 6.54 Å². The molecule has 0 radical (unpaired) electrons. The number of alkyl halides is 1. The van der Waals surface area contributed by atoms with Crippen LogP contribution in [0.2, 0.25) is 0 Å². The summed E-state index contributed by atoms with van der Waals surface area (Å²) in [6.45, 7) is 7.31. The first-order valence-corrected chi connectivity index (χ1v) is 5.82. The van der Waals surface area contributed by atoms with Crippen molar-refractivity contribution in [3.05, 3.63) is 22.4 Å². The van der Waals surface area contributed by atoms with E-state index in [9.17, 15) is 0 Å². The number of hydrogen-bond acceptors (Lipinski definition) is 2. The molecule has 1 N–H and O–H groups in total. The van der Waals surface area contributed by atoms with Gasteiger partial charge in [-0.3, -0.25) is 0 Å². The Morgan fingerprint density at radius 3 is 2.77 bits per heavy atom. The molecule has 1 aromatic rings. The number of rotatable bonds is 4. The van der Waals surface area contributed by atoms with Crippen LogP contribution in [0.5, 0.6) is 0 Å². The molecule has 0 amide bonds. The third kappa shape index (κ3) is 2.70. The van der Waals surface area contributed by atoms with E-state index in [-0.39, 0.29) is 10.9 Å². The Bertz CT molecular complexity index is 243. The molecule has 0 aliphatic carbocycles. The Kier molecular flexibility index (Phi) is 3.77. The maximum atomic E-state index is 6.37. The van der Waals surface area contributed by atoms with E-state index in [1.165, 1.54) is 4.88 Å². The topological polar surface area (TPSA) is 12.0 Å². The van der Waals surface area contributed by atoms with Crippen molar-refractivity contribution in [2.24, 2.45) is 0 Å². The van der Waals surface area contributed by atoms with Gasteiger partial charge in [-0.25, -0.2) is 0 Å². The van der Waals surface area contributed by atoms with Crippen LogP contribution in [0.4, 0.5) is 0 Å². The molecule has 0 aromatic carbocycles. The van der Waals surface area contributed by atoms with Crippen LogP contribution in [0, 0.1) is 0 Å². The van der Waals surface area contributed by atoms with Crippen molar-refractivity contribution in [3.8, 4) is 0 Å². The molecule has 1 aromatic heterocycles. The highest BCUT2D eigenvalue weighted by molar-refractivity contribution is 7.10. The van der Waals surface area contributed by atoms with Gasteiger partial charge in [0.15, 0.2) is 0 Å². The van der Waals surface area contributed by atoms with Crippen LogP contribution in [0.3, 0.4) is 0 Å². The van der Waals surface area contributed by atoms with Gasteiger partial charge in [0.1, 0.15) is 0 Å². The van der Waals surface area contributed by atoms with Crippen LogP contribution < -0.4 is 5.32 Å². The van der Waals surface area contributed by atoms with Gasteiger partial charge in [-0.1, -0.05) is 13.0 Å². The Morgan fingerprint density at radius 1 is 1.62 bits per heavy atom. The first-order chi connectivity index (χ1) is 6.08. The molecule has 1 unspecified atom stereocenters. The molecule has 0 saturated carbocycles. The quantitative estimate of drug-likeness (QED) is 0.763. The standard InChI is InChI=1S/C10H16ClNS/c1-4-12-10(2,3)9(11)8-6-5-7-13-8/h5-7,9,12H,4H2,1-3H3. The van der Waals surface area contributed by atoms with Crippen LogP contribution in [-0.4, -0.2) is 12.1 Å². The summed E-state index contributed by atoms with van der Waals surface area (Å²) in [6, 6.07) is 4.12. The summed E-state index contributed by atoms with van der Waals surface area (Å²) >= 11 is 8.08. The van der Waals surface area contributed by atoms with E-state index >= 15 is 0 Å². The zero-order valence-corrected chi connectivity index (χ0v) is 9.88. The lowest BCUT2D eigenvalue weighted by Gasteiger charge is -2.30. The largest absolute Gasteiger partial charge is 0.310 e. The Balaban J connectivity index is 2.71.